The molecule has 1 aromatic heterocycles. The van der Waals surface area contributed by atoms with Crippen LogP contribution in [-0.2, 0) is 20.7 Å². The van der Waals surface area contributed by atoms with Gasteiger partial charge in [0.05, 0.1) is 19.6 Å². The summed E-state index contributed by atoms with van der Waals surface area (Å²) in [4.78, 5) is 32.0. The Morgan fingerprint density at radius 2 is 1.93 bits per heavy atom. The number of ether oxygens (including phenoxy) is 1. The number of amides is 2. The van der Waals surface area contributed by atoms with Crippen LogP contribution < -0.4 is 5.32 Å². The Morgan fingerprint density at radius 1 is 1.19 bits per heavy atom. The average Bonchev–Trinajstić information content (AvgIpc) is 2.98. The summed E-state index contributed by atoms with van der Waals surface area (Å²) in [6, 6.07) is 8.09. The third kappa shape index (κ3) is 4.87. The molecule has 27 heavy (non-hydrogen) atoms. The molecule has 2 heterocycles. The predicted molar refractivity (Wildman–Crippen MR) is 105 cm³/mol. The summed E-state index contributed by atoms with van der Waals surface area (Å²) < 4.78 is 4.93. The maximum absolute atomic E-state index is 12.8. The van der Waals surface area contributed by atoms with Crippen molar-refractivity contribution in [1.29, 1.82) is 0 Å². The first-order chi connectivity index (χ1) is 13.1. The second-order valence-corrected chi connectivity index (χ2v) is 6.95. The summed E-state index contributed by atoms with van der Waals surface area (Å²) >= 11 is 0. The lowest BCUT2D eigenvalue weighted by molar-refractivity contribution is -0.132. The second kappa shape index (κ2) is 9.01. The van der Waals surface area contributed by atoms with Crippen LogP contribution in [0.3, 0.4) is 0 Å². The molecule has 0 bridgehead atoms. The Labute approximate surface area is 159 Å². The standard InChI is InChI=1S/C20H28N4O3/c1-15-17(16-5-3-4-6-18(16)22-15)13-20(26)24-10-8-23(9-11-24)14-19(25)21-7-12-27-2/h3-6,22H,7-14H2,1-2H3,(H,21,25). The fraction of sp³-hybridized carbons (Fsp3) is 0.500. The molecule has 1 aromatic carbocycles. The van der Waals surface area contributed by atoms with Gasteiger partial charge in [-0.2, -0.15) is 0 Å². The van der Waals surface area contributed by atoms with Gasteiger partial charge < -0.3 is 19.9 Å². The third-order valence-electron chi connectivity index (χ3n) is 5.08. The molecule has 0 radical (unpaired) electrons. The van der Waals surface area contributed by atoms with Crippen molar-refractivity contribution < 1.29 is 14.3 Å². The summed E-state index contributed by atoms with van der Waals surface area (Å²) in [5.74, 6) is 0.147. The highest BCUT2D eigenvalue weighted by Crippen LogP contribution is 2.23. The summed E-state index contributed by atoms with van der Waals surface area (Å²) in [5.41, 5.74) is 3.20. The van der Waals surface area contributed by atoms with E-state index in [4.69, 9.17) is 4.74 Å². The predicted octanol–water partition coefficient (Wildman–Crippen LogP) is 0.926. The van der Waals surface area contributed by atoms with E-state index in [0.29, 0.717) is 39.2 Å². The lowest BCUT2D eigenvalue weighted by Gasteiger charge is -2.34. The zero-order valence-electron chi connectivity index (χ0n) is 16.1. The van der Waals surface area contributed by atoms with Crippen molar-refractivity contribution in [3.63, 3.8) is 0 Å². The monoisotopic (exact) mass is 372 g/mol. The Balaban J connectivity index is 1.50. The van der Waals surface area contributed by atoms with Gasteiger partial charge in [0.15, 0.2) is 0 Å². The van der Waals surface area contributed by atoms with E-state index in [2.05, 4.69) is 21.3 Å². The number of aryl methyl sites for hydroxylation is 1. The van der Waals surface area contributed by atoms with Crippen LogP contribution in [0.1, 0.15) is 11.3 Å². The maximum Gasteiger partial charge on any atom is 0.234 e. The highest BCUT2D eigenvalue weighted by Gasteiger charge is 2.23. The van der Waals surface area contributed by atoms with E-state index in [0.717, 1.165) is 35.2 Å². The molecule has 3 rings (SSSR count). The maximum atomic E-state index is 12.8. The van der Waals surface area contributed by atoms with Crippen molar-refractivity contribution in [2.45, 2.75) is 13.3 Å². The molecule has 0 spiro atoms. The van der Waals surface area contributed by atoms with Gasteiger partial charge in [0, 0.05) is 56.4 Å². The summed E-state index contributed by atoms with van der Waals surface area (Å²) in [5, 5.41) is 3.95. The fourth-order valence-corrected chi connectivity index (χ4v) is 3.53. The normalized spacial score (nSPS) is 15.3. The van der Waals surface area contributed by atoms with Gasteiger partial charge in [-0.3, -0.25) is 14.5 Å². The van der Waals surface area contributed by atoms with E-state index >= 15 is 0 Å². The molecule has 1 fully saturated rings. The molecule has 146 valence electrons. The van der Waals surface area contributed by atoms with Crippen LogP contribution in [0.2, 0.25) is 0 Å². The molecule has 7 heteroatoms. The number of carbonyl (C=O) groups is 2. The van der Waals surface area contributed by atoms with Crippen molar-refractivity contribution in [1.82, 2.24) is 20.1 Å². The number of benzene rings is 1. The number of carbonyl (C=O) groups excluding carboxylic acids is 2. The van der Waals surface area contributed by atoms with E-state index in [1.54, 1.807) is 7.11 Å². The minimum atomic E-state index is 0.00115. The molecule has 1 saturated heterocycles. The molecule has 2 aromatic rings. The van der Waals surface area contributed by atoms with Gasteiger partial charge in [-0.05, 0) is 18.6 Å². The van der Waals surface area contributed by atoms with Gasteiger partial charge in [0.2, 0.25) is 11.8 Å². The molecular formula is C20H28N4O3. The van der Waals surface area contributed by atoms with E-state index in [-0.39, 0.29) is 11.8 Å². The van der Waals surface area contributed by atoms with Crippen molar-refractivity contribution in [3.05, 3.63) is 35.5 Å². The second-order valence-electron chi connectivity index (χ2n) is 6.95. The van der Waals surface area contributed by atoms with Crippen LogP contribution in [-0.4, -0.2) is 79.6 Å². The summed E-state index contributed by atoms with van der Waals surface area (Å²) in [7, 11) is 1.61. The molecule has 0 saturated carbocycles. The lowest BCUT2D eigenvalue weighted by Crippen LogP contribution is -2.51. The number of H-pyrrole nitrogens is 1. The number of nitrogens with zero attached hydrogens (tertiary/aromatic N) is 2. The van der Waals surface area contributed by atoms with Gasteiger partial charge in [-0.15, -0.1) is 0 Å². The zero-order valence-corrected chi connectivity index (χ0v) is 16.1. The Kier molecular flexibility index (Phi) is 6.47. The van der Waals surface area contributed by atoms with Gasteiger partial charge >= 0.3 is 0 Å². The molecule has 0 atom stereocenters. The van der Waals surface area contributed by atoms with Crippen LogP contribution in [0.5, 0.6) is 0 Å². The van der Waals surface area contributed by atoms with Crippen LogP contribution >= 0.6 is 0 Å². The van der Waals surface area contributed by atoms with Crippen molar-refractivity contribution in [3.8, 4) is 0 Å². The number of nitrogens with one attached hydrogen (secondary N) is 2. The topological polar surface area (TPSA) is 77.7 Å². The first kappa shape index (κ1) is 19.4. The molecule has 0 unspecified atom stereocenters. The van der Waals surface area contributed by atoms with Crippen molar-refractivity contribution in [2.75, 3.05) is 53.0 Å². The van der Waals surface area contributed by atoms with Gasteiger partial charge in [-0.1, -0.05) is 18.2 Å². The lowest BCUT2D eigenvalue weighted by atomic mass is 10.1. The molecule has 1 aliphatic rings. The smallest absolute Gasteiger partial charge is 0.234 e. The van der Waals surface area contributed by atoms with Gasteiger partial charge in [0.25, 0.3) is 0 Å². The summed E-state index contributed by atoms with van der Waals surface area (Å²) in [6.07, 6.45) is 0.410. The minimum Gasteiger partial charge on any atom is -0.383 e. The first-order valence-electron chi connectivity index (χ1n) is 9.40. The van der Waals surface area contributed by atoms with Crippen molar-refractivity contribution in [2.24, 2.45) is 0 Å². The van der Waals surface area contributed by atoms with Crippen molar-refractivity contribution >= 4 is 22.7 Å². The van der Waals surface area contributed by atoms with Crippen LogP contribution in [0.15, 0.2) is 24.3 Å². The van der Waals surface area contributed by atoms with Crippen LogP contribution in [0, 0.1) is 6.92 Å². The highest BCUT2D eigenvalue weighted by atomic mass is 16.5. The molecule has 2 amide bonds. The van der Waals surface area contributed by atoms with Gasteiger partial charge in [-0.25, -0.2) is 0 Å². The molecular weight excluding hydrogens is 344 g/mol. The molecule has 1 aliphatic heterocycles. The molecule has 2 N–H and O–H groups in total. The number of aromatic amines is 1. The average molecular weight is 372 g/mol. The quantitative estimate of drug-likeness (QED) is 0.709. The number of aromatic nitrogens is 1. The van der Waals surface area contributed by atoms with Gasteiger partial charge in [0.1, 0.15) is 0 Å². The van der Waals surface area contributed by atoms with Crippen LogP contribution in [0.25, 0.3) is 10.9 Å². The number of rotatable bonds is 7. The molecule has 0 aliphatic carbocycles. The number of para-hydroxylation sites is 1. The van der Waals surface area contributed by atoms with E-state index in [1.807, 2.05) is 30.0 Å². The summed E-state index contributed by atoms with van der Waals surface area (Å²) in [6.45, 7) is 6.18. The molecule has 7 nitrogen and oxygen atoms in total. The number of fused-ring (bicyclic) bond motifs is 1. The highest BCUT2D eigenvalue weighted by molar-refractivity contribution is 5.90. The largest absolute Gasteiger partial charge is 0.383 e. The first-order valence-corrected chi connectivity index (χ1v) is 9.40. The van der Waals surface area contributed by atoms with E-state index in [1.165, 1.54) is 0 Å². The van der Waals surface area contributed by atoms with E-state index < -0.39 is 0 Å². The fourth-order valence-electron chi connectivity index (χ4n) is 3.53. The van der Waals surface area contributed by atoms with E-state index in [9.17, 15) is 9.59 Å². The number of hydrogen-bond acceptors (Lipinski definition) is 4. The Hall–Kier alpha value is -2.38. The number of methoxy groups -OCH3 is 1. The van der Waals surface area contributed by atoms with Crippen LogP contribution in [0.4, 0.5) is 0 Å². The Morgan fingerprint density at radius 3 is 2.67 bits per heavy atom. The minimum absolute atomic E-state index is 0.00115. The number of piperazine rings is 1. The number of hydrogen-bond donors (Lipinski definition) is 2. The Bertz CT molecular complexity index is 794. The third-order valence-corrected chi connectivity index (χ3v) is 5.08. The SMILES string of the molecule is COCCNC(=O)CN1CCN(C(=O)Cc2c(C)[nH]c3ccccc23)CC1. The zero-order chi connectivity index (χ0) is 19.2.